The highest BCUT2D eigenvalue weighted by Crippen LogP contribution is 2.33. The number of benzene rings is 2. The van der Waals surface area contributed by atoms with Crippen molar-refractivity contribution in [3.63, 3.8) is 0 Å². The van der Waals surface area contributed by atoms with Gasteiger partial charge >= 0.3 is 0 Å². The van der Waals surface area contributed by atoms with Crippen LogP contribution in [0, 0.1) is 0 Å². The normalized spacial score (nSPS) is 10.6. The number of halogens is 2. The molecule has 5 nitrogen and oxygen atoms in total. The molecular weight excluding hydrogens is 431 g/mol. The molecule has 0 saturated carbocycles. The topological polar surface area (TPSA) is 51.7 Å². The van der Waals surface area contributed by atoms with Gasteiger partial charge in [0.1, 0.15) is 17.2 Å². The number of aromatic nitrogens is 1. The van der Waals surface area contributed by atoms with Crippen LogP contribution in [0.5, 0.6) is 17.4 Å². The number of aryl methyl sites for hydroxylation is 1. The van der Waals surface area contributed by atoms with Crippen LogP contribution in [0.25, 0.3) is 0 Å². The zero-order valence-electron chi connectivity index (χ0n) is 18.2. The first-order valence-corrected chi connectivity index (χ1v) is 10.9. The van der Waals surface area contributed by atoms with Gasteiger partial charge in [-0.15, -0.1) is 0 Å². The average molecular weight is 457 g/mol. The fourth-order valence-corrected chi connectivity index (χ4v) is 3.30. The first kappa shape index (κ1) is 23.5. The Morgan fingerprint density at radius 3 is 2.62 bits per heavy atom. The van der Waals surface area contributed by atoms with Crippen molar-refractivity contribution in [1.29, 1.82) is 0 Å². The standard InChI is InChI=1S/C25H26ClFN2O3/c1-3-19-7-12-24(31-15-5-13-27)20(16-19)17-29(18(2)30)23-6-4-14-28-25(23)32-22-10-8-21(26)9-11-22/h4,6-12,14,16H,3,5,13,15,17H2,1-2H3. The Hall–Kier alpha value is -3.12. The predicted molar refractivity (Wildman–Crippen MR) is 125 cm³/mol. The van der Waals surface area contributed by atoms with Crippen molar-refractivity contribution in [3.05, 3.63) is 76.9 Å². The van der Waals surface area contributed by atoms with Gasteiger partial charge in [0.25, 0.3) is 0 Å². The summed E-state index contributed by atoms with van der Waals surface area (Å²) in [6.07, 6.45) is 2.76. The number of hydrogen-bond donors (Lipinski definition) is 0. The summed E-state index contributed by atoms with van der Waals surface area (Å²) >= 11 is 5.96. The Balaban J connectivity index is 1.93. The number of rotatable bonds is 10. The molecule has 0 aliphatic heterocycles. The van der Waals surface area contributed by atoms with Crippen molar-refractivity contribution in [2.24, 2.45) is 0 Å². The van der Waals surface area contributed by atoms with Gasteiger partial charge in [0, 0.05) is 30.1 Å². The monoisotopic (exact) mass is 456 g/mol. The van der Waals surface area contributed by atoms with E-state index >= 15 is 0 Å². The van der Waals surface area contributed by atoms with E-state index in [2.05, 4.69) is 11.9 Å². The Morgan fingerprint density at radius 2 is 1.94 bits per heavy atom. The van der Waals surface area contributed by atoms with E-state index in [1.807, 2.05) is 18.2 Å². The van der Waals surface area contributed by atoms with E-state index in [1.54, 1.807) is 47.5 Å². The van der Waals surface area contributed by atoms with E-state index in [0.29, 0.717) is 34.5 Å². The molecule has 1 heterocycles. The number of nitrogens with zero attached hydrogens (tertiary/aromatic N) is 2. The number of carbonyl (C=O) groups is 1. The maximum absolute atomic E-state index is 12.7. The van der Waals surface area contributed by atoms with Gasteiger partial charge < -0.3 is 14.4 Å². The summed E-state index contributed by atoms with van der Waals surface area (Å²) < 4.78 is 24.3. The minimum absolute atomic E-state index is 0.171. The Bertz CT molecular complexity index is 1040. The van der Waals surface area contributed by atoms with Crippen LogP contribution in [0.2, 0.25) is 5.02 Å². The smallest absolute Gasteiger partial charge is 0.243 e. The molecule has 2 aromatic carbocycles. The molecule has 0 atom stereocenters. The van der Waals surface area contributed by atoms with E-state index in [-0.39, 0.29) is 19.1 Å². The summed E-state index contributed by atoms with van der Waals surface area (Å²) in [5, 5.41) is 0.597. The molecule has 7 heteroatoms. The fraction of sp³-hybridized carbons (Fsp3) is 0.280. The lowest BCUT2D eigenvalue weighted by molar-refractivity contribution is -0.116. The second-order valence-electron chi connectivity index (χ2n) is 7.18. The van der Waals surface area contributed by atoms with Crippen LogP contribution < -0.4 is 14.4 Å². The first-order chi connectivity index (χ1) is 15.5. The van der Waals surface area contributed by atoms with Crippen LogP contribution in [0.15, 0.2) is 60.8 Å². The summed E-state index contributed by atoms with van der Waals surface area (Å²) in [6.45, 7) is 3.64. The van der Waals surface area contributed by atoms with Crippen molar-refractivity contribution in [1.82, 2.24) is 4.98 Å². The van der Waals surface area contributed by atoms with Gasteiger partial charge in [-0.05, 0) is 54.4 Å². The molecule has 0 saturated heterocycles. The third-order valence-electron chi connectivity index (χ3n) is 4.85. The number of ether oxygens (including phenoxy) is 2. The van der Waals surface area contributed by atoms with Gasteiger partial charge in [0.2, 0.25) is 11.8 Å². The zero-order valence-corrected chi connectivity index (χ0v) is 18.9. The molecule has 0 radical (unpaired) electrons. The number of carbonyl (C=O) groups excluding carboxylic acids is 1. The largest absolute Gasteiger partial charge is 0.493 e. The van der Waals surface area contributed by atoms with Crippen LogP contribution >= 0.6 is 11.6 Å². The molecule has 0 N–H and O–H groups in total. The SMILES string of the molecule is CCc1ccc(OCCCF)c(CN(C(C)=O)c2cccnc2Oc2ccc(Cl)cc2)c1. The molecule has 1 aromatic heterocycles. The lowest BCUT2D eigenvalue weighted by Crippen LogP contribution is -2.28. The second kappa shape index (κ2) is 11.5. The molecule has 0 bridgehead atoms. The van der Waals surface area contributed by atoms with Crippen LogP contribution in [0.3, 0.4) is 0 Å². The quantitative estimate of drug-likeness (QED) is 0.332. The zero-order chi connectivity index (χ0) is 22.9. The highest BCUT2D eigenvalue weighted by molar-refractivity contribution is 6.30. The lowest BCUT2D eigenvalue weighted by atomic mass is 10.1. The molecular formula is C25H26ClFN2O3. The molecule has 1 amide bonds. The minimum atomic E-state index is -0.441. The van der Waals surface area contributed by atoms with Gasteiger partial charge in [-0.25, -0.2) is 4.98 Å². The maximum Gasteiger partial charge on any atom is 0.243 e. The van der Waals surface area contributed by atoms with Crippen molar-refractivity contribution < 1.29 is 18.7 Å². The number of hydrogen-bond acceptors (Lipinski definition) is 4. The van der Waals surface area contributed by atoms with E-state index < -0.39 is 6.67 Å². The van der Waals surface area contributed by atoms with Crippen LogP contribution in [-0.2, 0) is 17.8 Å². The summed E-state index contributed by atoms with van der Waals surface area (Å²) in [7, 11) is 0. The van der Waals surface area contributed by atoms with Crippen molar-refractivity contribution in [2.75, 3.05) is 18.2 Å². The summed E-state index contributed by atoms with van der Waals surface area (Å²) in [6, 6.07) is 16.3. The highest BCUT2D eigenvalue weighted by atomic mass is 35.5. The number of amides is 1. The predicted octanol–water partition coefficient (Wildman–Crippen LogP) is 6.38. The number of alkyl halides is 1. The molecule has 0 aliphatic carbocycles. The van der Waals surface area contributed by atoms with E-state index in [4.69, 9.17) is 21.1 Å². The molecule has 0 unspecified atom stereocenters. The summed E-state index contributed by atoms with van der Waals surface area (Å²) in [4.78, 5) is 18.6. The van der Waals surface area contributed by atoms with Gasteiger partial charge in [-0.3, -0.25) is 9.18 Å². The number of pyridine rings is 1. The Morgan fingerprint density at radius 1 is 1.16 bits per heavy atom. The van der Waals surface area contributed by atoms with Gasteiger partial charge in [0.15, 0.2) is 0 Å². The second-order valence-corrected chi connectivity index (χ2v) is 7.61. The highest BCUT2D eigenvalue weighted by Gasteiger charge is 2.20. The van der Waals surface area contributed by atoms with Crippen molar-refractivity contribution in [2.45, 2.75) is 33.2 Å². The van der Waals surface area contributed by atoms with Crippen molar-refractivity contribution >= 4 is 23.2 Å². The average Bonchev–Trinajstić information content (AvgIpc) is 2.80. The van der Waals surface area contributed by atoms with Gasteiger partial charge in [-0.2, -0.15) is 0 Å². The molecule has 0 spiro atoms. The summed E-state index contributed by atoms with van der Waals surface area (Å²) in [5.74, 6) is 1.32. The summed E-state index contributed by atoms with van der Waals surface area (Å²) in [5.41, 5.74) is 2.48. The number of anilines is 1. The van der Waals surface area contributed by atoms with Gasteiger partial charge in [0.05, 0.1) is 19.8 Å². The van der Waals surface area contributed by atoms with Gasteiger partial charge in [-0.1, -0.05) is 30.7 Å². The molecule has 3 rings (SSSR count). The molecule has 3 aromatic rings. The fourth-order valence-electron chi connectivity index (χ4n) is 3.17. The van der Waals surface area contributed by atoms with Crippen LogP contribution in [-0.4, -0.2) is 24.2 Å². The first-order valence-electron chi connectivity index (χ1n) is 10.5. The van der Waals surface area contributed by atoms with E-state index in [9.17, 15) is 9.18 Å². The molecule has 32 heavy (non-hydrogen) atoms. The third-order valence-corrected chi connectivity index (χ3v) is 5.10. The van der Waals surface area contributed by atoms with Crippen LogP contribution in [0.1, 0.15) is 31.4 Å². The maximum atomic E-state index is 12.7. The Labute approximate surface area is 192 Å². The molecule has 0 fully saturated rings. The molecule has 168 valence electrons. The van der Waals surface area contributed by atoms with Crippen molar-refractivity contribution in [3.8, 4) is 17.4 Å². The minimum Gasteiger partial charge on any atom is -0.493 e. The van der Waals surface area contributed by atoms with E-state index in [0.717, 1.165) is 17.5 Å². The Kier molecular flexibility index (Phi) is 8.45. The molecule has 0 aliphatic rings. The third kappa shape index (κ3) is 6.20. The van der Waals surface area contributed by atoms with Crippen LogP contribution in [0.4, 0.5) is 10.1 Å². The van der Waals surface area contributed by atoms with E-state index in [1.165, 1.54) is 6.92 Å². The lowest BCUT2D eigenvalue weighted by Gasteiger charge is -2.24.